The number of ether oxygens (including phenoxy) is 2. The molecule has 2 rings (SSSR count). The summed E-state index contributed by atoms with van der Waals surface area (Å²) >= 11 is 3.45. The van der Waals surface area contributed by atoms with Crippen LogP contribution in [0.4, 0.5) is 0 Å². The first-order valence-electron chi connectivity index (χ1n) is 5.70. The van der Waals surface area contributed by atoms with E-state index in [0.29, 0.717) is 6.54 Å². The summed E-state index contributed by atoms with van der Waals surface area (Å²) in [6.45, 7) is 3.85. The van der Waals surface area contributed by atoms with Crippen LogP contribution in [0.25, 0.3) is 0 Å². The molecule has 0 radical (unpaired) electrons. The Morgan fingerprint density at radius 1 is 1.39 bits per heavy atom. The number of hydrogen-bond acceptors (Lipinski definition) is 4. The normalized spacial score (nSPS) is 12.6. The topological polar surface area (TPSA) is 59.6 Å². The largest absolute Gasteiger partial charge is 0.454 e. The van der Waals surface area contributed by atoms with Gasteiger partial charge in [0.15, 0.2) is 11.5 Å². The molecular formula is C12H15BrN2O3. The summed E-state index contributed by atoms with van der Waals surface area (Å²) in [5, 5.41) is 5.97. The first-order valence-corrected chi connectivity index (χ1v) is 6.49. The van der Waals surface area contributed by atoms with E-state index in [0.717, 1.165) is 34.6 Å². The molecule has 0 saturated heterocycles. The fourth-order valence-electron chi connectivity index (χ4n) is 1.68. The average molecular weight is 315 g/mol. The molecule has 1 aromatic rings. The van der Waals surface area contributed by atoms with E-state index in [2.05, 4.69) is 26.6 Å². The lowest BCUT2D eigenvalue weighted by atomic mass is 10.2. The van der Waals surface area contributed by atoms with Crippen LogP contribution in [-0.2, 0) is 11.3 Å². The molecule has 0 bridgehead atoms. The van der Waals surface area contributed by atoms with E-state index >= 15 is 0 Å². The standard InChI is InChI=1S/C12H15BrN2O3/c1-8(16)15-3-2-14-6-9-4-10(13)12-11(5-9)17-7-18-12/h4-5,14H,2-3,6-7H2,1H3,(H,15,16). The summed E-state index contributed by atoms with van der Waals surface area (Å²) in [5.41, 5.74) is 1.11. The Kier molecular flexibility index (Phi) is 4.43. The second kappa shape index (κ2) is 6.06. The summed E-state index contributed by atoms with van der Waals surface area (Å²) in [5.74, 6) is 1.52. The molecule has 0 unspecified atom stereocenters. The molecule has 0 saturated carbocycles. The van der Waals surface area contributed by atoms with Gasteiger partial charge in [-0.05, 0) is 33.6 Å². The number of hydrogen-bond donors (Lipinski definition) is 2. The van der Waals surface area contributed by atoms with E-state index in [-0.39, 0.29) is 12.7 Å². The van der Waals surface area contributed by atoms with Crippen molar-refractivity contribution in [3.05, 3.63) is 22.2 Å². The van der Waals surface area contributed by atoms with Gasteiger partial charge in [-0.3, -0.25) is 4.79 Å². The molecule has 1 aliphatic heterocycles. The molecule has 1 aliphatic rings. The quantitative estimate of drug-likeness (QED) is 0.807. The SMILES string of the molecule is CC(=O)NCCNCc1cc(Br)c2c(c1)OCO2. The molecule has 0 atom stereocenters. The Bertz CT molecular complexity index is 451. The van der Waals surface area contributed by atoms with E-state index in [1.807, 2.05) is 12.1 Å². The van der Waals surface area contributed by atoms with Crippen molar-refractivity contribution in [2.45, 2.75) is 13.5 Å². The molecule has 2 N–H and O–H groups in total. The highest BCUT2D eigenvalue weighted by Crippen LogP contribution is 2.39. The van der Waals surface area contributed by atoms with E-state index in [1.54, 1.807) is 0 Å². The van der Waals surface area contributed by atoms with Crippen molar-refractivity contribution in [3.8, 4) is 11.5 Å². The lowest BCUT2D eigenvalue weighted by Gasteiger charge is -2.07. The number of rotatable bonds is 5. The average Bonchev–Trinajstić information content (AvgIpc) is 2.77. The van der Waals surface area contributed by atoms with Crippen LogP contribution in [0, 0.1) is 0 Å². The molecule has 0 fully saturated rings. The Hall–Kier alpha value is -1.27. The monoisotopic (exact) mass is 314 g/mol. The Morgan fingerprint density at radius 3 is 3.00 bits per heavy atom. The maximum absolute atomic E-state index is 10.7. The van der Waals surface area contributed by atoms with Crippen LogP contribution in [0.1, 0.15) is 12.5 Å². The van der Waals surface area contributed by atoms with Crippen LogP contribution < -0.4 is 20.1 Å². The molecule has 5 nitrogen and oxygen atoms in total. The molecule has 1 amide bonds. The lowest BCUT2D eigenvalue weighted by Crippen LogP contribution is -2.29. The fourth-order valence-corrected chi connectivity index (χ4v) is 2.29. The van der Waals surface area contributed by atoms with Crippen LogP contribution in [-0.4, -0.2) is 25.8 Å². The lowest BCUT2D eigenvalue weighted by molar-refractivity contribution is -0.118. The predicted molar refractivity (Wildman–Crippen MR) is 70.7 cm³/mol. The van der Waals surface area contributed by atoms with E-state index in [4.69, 9.17) is 9.47 Å². The Morgan fingerprint density at radius 2 is 2.22 bits per heavy atom. The van der Waals surface area contributed by atoms with Crippen molar-refractivity contribution in [1.29, 1.82) is 0 Å². The molecule has 6 heteroatoms. The fraction of sp³-hybridized carbons (Fsp3) is 0.417. The van der Waals surface area contributed by atoms with Gasteiger partial charge in [-0.2, -0.15) is 0 Å². The number of benzene rings is 1. The number of amides is 1. The number of nitrogens with one attached hydrogen (secondary N) is 2. The third kappa shape index (κ3) is 3.36. The zero-order valence-corrected chi connectivity index (χ0v) is 11.7. The number of fused-ring (bicyclic) bond motifs is 1. The van der Waals surface area contributed by atoms with Gasteiger partial charge >= 0.3 is 0 Å². The van der Waals surface area contributed by atoms with Crippen molar-refractivity contribution >= 4 is 21.8 Å². The smallest absolute Gasteiger partial charge is 0.231 e. The number of halogens is 1. The molecule has 98 valence electrons. The zero-order chi connectivity index (χ0) is 13.0. The number of carbonyl (C=O) groups excluding carboxylic acids is 1. The van der Waals surface area contributed by atoms with Gasteiger partial charge in [-0.15, -0.1) is 0 Å². The minimum Gasteiger partial charge on any atom is -0.454 e. The number of carbonyl (C=O) groups is 1. The molecule has 18 heavy (non-hydrogen) atoms. The van der Waals surface area contributed by atoms with Gasteiger partial charge in [-0.25, -0.2) is 0 Å². The van der Waals surface area contributed by atoms with Gasteiger partial charge in [0.2, 0.25) is 12.7 Å². The minimum atomic E-state index is -0.0115. The second-order valence-electron chi connectivity index (χ2n) is 3.97. The second-order valence-corrected chi connectivity index (χ2v) is 4.83. The summed E-state index contributed by atoms with van der Waals surface area (Å²) < 4.78 is 11.6. The maximum Gasteiger partial charge on any atom is 0.231 e. The first-order chi connectivity index (χ1) is 8.66. The first kappa shape index (κ1) is 13.2. The van der Waals surface area contributed by atoms with Crippen molar-refractivity contribution < 1.29 is 14.3 Å². The minimum absolute atomic E-state index is 0.0115. The molecule has 0 spiro atoms. The van der Waals surface area contributed by atoms with Gasteiger partial charge < -0.3 is 20.1 Å². The Balaban J connectivity index is 1.83. The van der Waals surface area contributed by atoms with E-state index in [1.165, 1.54) is 6.92 Å². The third-order valence-corrected chi connectivity index (χ3v) is 3.08. The molecule has 0 aliphatic carbocycles. The van der Waals surface area contributed by atoms with Crippen LogP contribution in [0.15, 0.2) is 16.6 Å². The molecule has 1 heterocycles. The van der Waals surface area contributed by atoms with E-state index < -0.39 is 0 Å². The highest BCUT2D eigenvalue weighted by Gasteiger charge is 2.17. The summed E-state index contributed by atoms with van der Waals surface area (Å²) in [6.07, 6.45) is 0. The van der Waals surface area contributed by atoms with Gasteiger partial charge in [-0.1, -0.05) is 0 Å². The van der Waals surface area contributed by atoms with Crippen molar-refractivity contribution in [3.63, 3.8) is 0 Å². The Labute approximate surface area is 114 Å². The third-order valence-electron chi connectivity index (χ3n) is 2.49. The van der Waals surface area contributed by atoms with Gasteiger partial charge in [0.1, 0.15) is 0 Å². The highest BCUT2D eigenvalue weighted by molar-refractivity contribution is 9.10. The zero-order valence-electron chi connectivity index (χ0n) is 10.1. The van der Waals surface area contributed by atoms with Gasteiger partial charge in [0.25, 0.3) is 0 Å². The molecule has 0 aromatic heterocycles. The van der Waals surface area contributed by atoms with Crippen LogP contribution in [0.2, 0.25) is 0 Å². The van der Waals surface area contributed by atoms with Gasteiger partial charge in [0, 0.05) is 26.6 Å². The maximum atomic E-state index is 10.7. The highest BCUT2D eigenvalue weighted by atomic mass is 79.9. The van der Waals surface area contributed by atoms with Gasteiger partial charge in [0.05, 0.1) is 4.47 Å². The van der Waals surface area contributed by atoms with Crippen molar-refractivity contribution in [2.75, 3.05) is 19.9 Å². The van der Waals surface area contributed by atoms with Crippen LogP contribution >= 0.6 is 15.9 Å². The summed E-state index contributed by atoms with van der Waals surface area (Å²) in [7, 11) is 0. The van der Waals surface area contributed by atoms with Crippen molar-refractivity contribution in [1.82, 2.24) is 10.6 Å². The molecular weight excluding hydrogens is 300 g/mol. The predicted octanol–water partition coefficient (Wildman–Crippen LogP) is 1.40. The van der Waals surface area contributed by atoms with Crippen LogP contribution in [0.3, 0.4) is 0 Å². The van der Waals surface area contributed by atoms with Crippen molar-refractivity contribution in [2.24, 2.45) is 0 Å². The van der Waals surface area contributed by atoms with Crippen LogP contribution in [0.5, 0.6) is 11.5 Å². The van der Waals surface area contributed by atoms with E-state index in [9.17, 15) is 4.79 Å². The molecule has 1 aromatic carbocycles. The summed E-state index contributed by atoms with van der Waals surface area (Å²) in [4.78, 5) is 10.7. The summed E-state index contributed by atoms with van der Waals surface area (Å²) in [6, 6.07) is 3.96.